The molecule has 0 aromatic heterocycles. The van der Waals surface area contributed by atoms with Crippen LogP contribution in [0.2, 0.25) is 0 Å². The normalized spacial score (nSPS) is 15.7. The van der Waals surface area contributed by atoms with Crippen molar-refractivity contribution in [2.24, 2.45) is 4.99 Å². The van der Waals surface area contributed by atoms with Gasteiger partial charge in [-0.2, -0.15) is 0 Å². The molecule has 1 N–H and O–H groups in total. The van der Waals surface area contributed by atoms with Crippen LogP contribution in [0.15, 0.2) is 63.7 Å². The Kier molecular flexibility index (Phi) is 4.67. The third-order valence-electron chi connectivity index (χ3n) is 3.49. The van der Waals surface area contributed by atoms with Crippen LogP contribution < -0.4 is 5.32 Å². The van der Waals surface area contributed by atoms with Gasteiger partial charge in [0.05, 0.1) is 0 Å². The van der Waals surface area contributed by atoms with Gasteiger partial charge >= 0.3 is 0 Å². The molecule has 5 heteroatoms. The molecule has 1 heterocycles. The van der Waals surface area contributed by atoms with Crippen molar-refractivity contribution in [2.45, 2.75) is 12.8 Å². The van der Waals surface area contributed by atoms with Crippen molar-refractivity contribution < 1.29 is 9.18 Å². The number of nitrogens with zero attached hydrogens (tertiary/aromatic N) is 1. The molecule has 0 aliphatic carbocycles. The quantitative estimate of drug-likeness (QED) is 0.806. The van der Waals surface area contributed by atoms with E-state index in [4.69, 9.17) is 0 Å². The minimum absolute atomic E-state index is 0.228. The number of carbonyl (C=O) groups excluding carboxylic acids is 1. The fourth-order valence-electron chi connectivity index (χ4n) is 2.34. The van der Waals surface area contributed by atoms with Crippen LogP contribution in [0.1, 0.15) is 17.5 Å². The van der Waals surface area contributed by atoms with Crippen LogP contribution in [-0.2, 0) is 11.2 Å². The lowest BCUT2D eigenvalue weighted by Gasteiger charge is -2.02. The molecule has 3 rings (SSSR count). The monoisotopic (exact) mass is 372 g/mol. The molecule has 0 spiro atoms. The second kappa shape index (κ2) is 6.87. The van der Waals surface area contributed by atoms with E-state index < -0.39 is 0 Å². The van der Waals surface area contributed by atoms with Gasteiger partial charge in [0.15, 0.2) is 0 Å². The fourth-order valence-corrected chi connectivity index (χ4v) is 2.76. The number of benzene rings is 2. The number of carbonyl (C=O) groups is 1. The largest absolute Gasteiger partial charge is 0.309 e. The molecule has 2 aromatic carbocycles. The summed E-state index contributed by atoms with van der Waals surface area (Å²) in [5, 5.41) is 2.74. The van der Waals surface area contributed by atoms with Crippen molar-refractivity contribution >= 4 is 33.7 Å². The van der Waals surface area contributed by atoms with Crippen LogP contribution in [0.25, 0.3) is 6.08 Å². The highest BCUT2D eigenvalue weighted by Crippen LogP contribution is 2.18. The molecule has 0 saturated heterocycles. The number of rotatable bonds is 4. The molecular weight excluding hydrogens is 359 g/mol. The zero-order valence-corrected chi connectivity index (χ0v) is 13.8. The molecule has 2 aromatic rings. The van der Waals surface area contributed by atoms with Gasteiger partial charge in [0.1, 0.15) is 17.3 Å². The van der Waals surface area contributed by atoms with E-state index in [-0.39, 0.29) is 11.7 Å². The summed E-state index contributed by atoms with van der Waals surface area (Å²) in [5.41, 5.74) is 1.88. The van der Waals surface area contributed by atoms with Gasteiger partial charge in [0.25, 0.3) is 5.91 Å². The number of nitrogens with one attached hydrogen (secondary N) is 1. The highest BCUT2D eigenvalue weighted by atomic mass is 79.9. The number of aliphatic imine (C=N–C) groups is 1. The van der Waals surface area contributed by atoms with Gasteiger partial charge in [-0.15, -0.1) is 0 Å². The third-order valence-corrected chi connectivity index (χ3v) is 3.98. The summed E-state index contributed by atoms with van der Waals surface area (Å²) < 4.78 is 14.5. The number of amidine groups is 1. The minimum Gasteiger partial charge on any atom is -0.309 e. The van der Waals surface area contributed by atoms with Crippen LogP contribution in [0, 0.1) is 5.82 Å². The minimum atomic E-state index is -0.234. The van der Waals surface area contributed by atoms with Gasteiger partial charge < -0.3 is 5.32 Å². The number of amides is 1. The van der Waals surface area contributed by atoms with Crippen molar-refractivity contribution in [1.29, 1.82) is 0 Å². The standard InChI is InChI=1S/C18H14BrFN2O/c19-14-6-3-4-12(10-14)11-16-18(23)22-17(21-16)9-8-13-5-1-2-7-15(13)20/h1-7,10-11H,8-9H2,(H,21,22,23)/b16-11+. The molecule has 0 saturated carbocycles. The summed E-state index contributed by atoms with van der Waals surface area (Å²) in [6.45, 7) is 0. The summed E-state index contributed by atoms with van der Waals surface area (Å²) in [4.78, 5) is 16.3. The second-order valence-electron chi connectivity index (χ2n) is 5.19. The molecular formula is C18H14BrFN2O. The molecule has 1 aliphatic heterocycles. The first kappa shape index (κ1) is 15.6. The van der Waals surface area contributed by atoms with Gasteiger partial charge in [-0.1, -0.05) is 46.3 Å². The van der Waals surface area contributed by atoms with Crippen molar-refractivity contribution in [2.75, 3.05) is 0 Å². The highest BCUT2D eigenvalue weighted by Gasteiger charge is 2.19. The van der Waals surface area contributed by atoms with Crippen molar-refractivity contribution in [3.8, 4) is 0 Å². The maximum absolute atomic E-state index is 13.6. The molecule has 0 atom stereocenters. The lowest BCUT2D eigenvalue weighted by molar-refractivity contribution is -0.115. The Hall–Kier alpha value is -2.27. The maximum atomic E-state index is 13.6. The fraction of sp³-hybridized carbons (Fsp3) is 0.111. The predicted octanol–water partition coefficient (Wildman–Crippen LogP) is 4.09. The average Bonchev–Trinajstić information content (AvgIpc) is 2.87. The first-order chi connectivity index (χ1) is 11.1. The molecule has 116 valence electrons. The predicted molar refractivity (Wildman–Crippen MR) is 92.4 cm³/mol. The van der Waals surface area contributed by atoms with E-state index in [2.05, 4.69) is 26.2 Å². The van der Waals surface area contributed by atoms with Gasteiger partial charge in [0.2, 0.25) is 0 Å². The van der Waals surface area contributed by atoms with E-state index in [1.807, 2.05) is 24.3 Å². The topological polar surface area (TPSA) is 41.5 Å². The number of aryl methyl sites for hydroxylation is 1. The van der Waals surface area contributed by atoms with Gasteiger partial charge in [-0.05, 0) is 41.8 Å². The number of hydrogen-bond donors (Lipinski definition) is 1. The highest BCUT2D eigenvalue weighted by molar-refractivity contribution is 9.10. The maximum Gasteiger partial charge on any atom is 0.275 e. The molecule has 1 aliphatic rings. The molecule has 23 heavy (non-hydrogen) atoms. The molecule has 0 radical (unpaired) electrons. The van der Waals surface area contributed by atoms with Crippen LogP contribution in [-0.4, -0.2) is 11.7 Å². The Morgan fingerprint density at radius 1 is 1.13 bits per heavy atom. The number of hydrogen-bond acceptors (Lipinski definition) is 2. The van der Waals surface area contributed by atoms with Crippen molar-refractivity contribution in [3.05, 3.63) is 75.6 Å². The Morgan fingerprint density at radius 2 is 1.96 bits per heavy atom. The molecule has 1 amide bonds. The molecule has 0 fully saturated rings. The summed E-state index contributed by atoms with van der Waals surface area (Å²) in [6, 6.07) is 14.3. The lowest BCUT2D eigenvalue weighted by atomic mass is 10.1. The van der Waals surface area contributed by atoms with Gasteiger partial charge in [0, 0.05) is 10.9 Å². The summed E-state index contributed by atoms with van der Waals surface area (Å²) in [6.07, 6.45) is 2.72. The number of halogens is 2. The van der Waals surface area contributed by atoms with Crippen molar-refractivity contribution in [3.63, 3.8) is 0 Å². The van der Waals surface area contributed by atoms with E-state index in [1.54, 1.807) is 24.3 Å². The average molecular weight is 373 g/mol. The summed E-state index contributed by atoms with van der Waals surface area (Å²) >= 11 is 3.39. The third kappa shape index (κ3) is 3.93. The van der Waals surface area contributed by atoms with E-state index >= 15 is 0 Å². The lowest BCUT2D eigenvalue weighted by Crippen LogP contribution is -2.24. The van der Waals surface area contributed by atoms with Crippen LogP contribution in [0.3, 0.4) is 0 Å². The van der Waals surface area contributed by atoms with E-state index in [1.165, 1.54) is 6.07 Å². The Balaban J connectivity index is 1.73. The smallest absolute Gasteiger partial charge is 0.275 e. The first-order valence-corrected chi connectivity index (χ1v) is 8.01. The molecule has 0 unspecified atom stereocenters. The Morgan fingerprint density at radius 3 is 2.74 bits per heavy atom. The van der Waals surface area contributed by atoms with Crippen LogP contribution >= 0.6 is 15.9 Å². The van der Waals surface area contributed by atoms with E-state index in [0.29, 0.717) is 29.9 Å². The van der Waals surface area contributed by atoms with Crippen molar-refractivity contribution in [1.82, 2.24) is 5.32 Å². The second-order valence-corrected chi connectivity index (χ2v) is 6.10. The SMILES string of the molecule is O=C1NC(CCc2ccccc2F)=N/C1=C/c1cccc(Br)c1. The molecule has 0 bridgehead atoms. The zero-order valence-electron chi connectivity index (χ0n) is 12.2. The van der Waals surface area contributed by atoms with E-state index in [0.717, 1.165) is 10.0 Å². The Bertz CT molecular complexity index is 814. The van der Waals surface area contributed by atoms with Gasteiger partial charge in [-0.25, -0.2) is 9.38 Å². The Labute approximate surface area is 142 Å². The van der Waals surface area contributed by atoms with E-state index in [9.17, 15) is 9.18 Å². The van der Waals surface area contributed by atoms with Gasteiger partial charge in [-0.3, -0.25) is 4.79 Å². The first-order valence-electron chi connectivity index (χ1n) is 7.21. The summed E-state index contributed by atoms with van der Waals surface area (Å²) in [5.74, 6) is 0.107. The molecule has 3 nitrogen and oxygen atoms in total. The van der Waals surface area contributed by atoms with Crippen LogP contribution in [0.5, 0.6) is 0 Å². The summed E-state index contributed by atoms with van der Waals surface area (Å²) in [7, 11) is 0. The van der Waals surface area contributed by atoms with Crippen LogP contribution in [0.4, 0.5) is 4.39 Å². The zero-order chi connectivity index (χ0) is 16.2.